The Balaban J connectivity index is 1.62. The highest BCUT2D eigenvalue weighted by atomic mass is 15.3. The number of anilines is 3. The van der Waals surface area contributed by atoms with Crippen LogP contribution in [0.15, 0.2) is 66.9 Å². The molecule has 4 heteroatoms. The SMILES string of the molecule is CCN(Cc1ccccc1)c1ccnc(N2CCCc3ccccc32)n1. The van der Waals surface area contributed by atoms with Crippen molar-refractivity contribution >= 4 is 17.5 Å². The summed E-state index contributed by atoms with van der Waals surface area (Å²) in [5.41, 5.74) is 3.91. The predicted molar refractivity (Wildman–Crippen MR) is 107 cm³/mol. The van der Waals surface area contributed by atoms with E-state index in [9.17, 15) is 0 Å². The molecule has 0 amide bonds. The van der Waals surface area contributed by atoms with Crippen molar-refractivity contribution in [3.05, 3.63) is 78.0 Å². The average Bonchev–Trinajstić information content (AvgIpc) is 2.72. The first-order valence-corrected chi connectivity index (χ1v) is 9.32. The van der Waals surface area contributed by atoms with Gasteiger partial charge in [0.25, 0.3) is 0 Å². The molecular formula is C22H24N4. The Bertz CT molecular complexity index is 863. The van der Waals surface area contributed by atoms with Crippen molar-refractivity contribution in [3.8, 4) is 0 Å². The number of aryl methyl sites for hydroxylation is 1. The van der Waals surface area contributed by atoms with Gasteiger partial charge in [-0.1, -0.05) is 48.5 Å². The van der Waals surface area contributed by atoms with Crippen molar-refractivity contribution in [2.75, 3.05) is 22.9 Å². The van der Waals surface area contributed by atoms with Gasteiger partial charge in [0.15, 0.2) is 0 Å². The Hall–Kier alpha value is -2.88. The molecule has 0 bridgehead atoms. The zero-order valence-corrected chi connectivity index (χ0v) is 15.2. The second kappa shape index (κ2) is 7.56. The highest BCUT2D eigenvalue weighted by Gasteiger charge is 2.20. The number of hydrogen-bond donors (Lipinski definition) is 0. The molecule has 2 heterocycles. The smallest absolute Gasteiger partial charge is 0.231 e. The summed E-state index contributed by atoms with van der Waals surface area (Å²) in [6, 6.07) is 21.1. The summed E-state index contributed by atoms with van der Waals surface area (Å²) < 4.78 is 0. The van der Waals surface area contributed by atoms with Gasteiger partial charge in [-0.25, -0.2) is 4.98 Å². The summed E-state index contributed by atoms with van der Waals surface area (Å²) in [6.07, 6.45) is 4.14. The van der Waals surface area contributed by atoms with Gasteiger partial charge in [-0.2, -0.15) is 4.98 Å². The molecule has 1 aromatic heterocycles. The lowest BCUT2D eigenvalue weighted by molar-refractivity contribution is 0.744. The third kappa shape index (κ3) is 3.40. The largest absolute Gasteiger partial charge is 0.352 e. The minimum Gasteiger partial charge on any atom is -0.352 e. The van der Waals surface area contributed by atoms with Crippen LogP contribution in [0.2, 0.25) is 0 Å². The van der Waals surface area contributed by atoms with Crippen LogP contribution in [0.4, 0.5) is 17.5 Å². The molecule has 0 atom stereocenters. The number of para-hydroxylation sites is 1. The van der Waals surface area contributed by atoms with E-state index in [1.54, 1.807) is 0 Å². The van der Waals surface area contributed by atoms with Crippen LogP contribution in [-0.4, -0.2) is 23.1 Å². The van der Waals surface area contributed by atoms with Crippen LogP contribution in [-0.2, 0) is 13.0 Å². The van der Waals surface area contributed by atoms with Gasteiger partial charge in [-0.15, -0.1) is 0 Å². The molecule has 0 N–H and O–H groups in total. The molecule has 0 unspecified atom stereocenters. The van der Waals surface area contributed by atoms with Gasteiger partial charge >= 0.3 is 0 Å². The molecular weight excluding hydrogens is 320 g/mol. The van der Waals surface area contributed by atoms with E-state index in [1.165, 1.54) is 16.8 Å². The maximum Gasteiger partial charge on any atom is 0.231 e. The molecule has 0 aliphatic carbocycles. The van der Waals surface area contributed by atoms with Gasteiger partial charge in [0.2, 0.25) is 5.95 Å². The molecule has 4 rings (SSSR count). The maximum atomic E-state index is 4.90. The van der Waals surface area contributed by atoms with Gasteiger partial charge in [0.05, 0.1) is 0 Å². The number of rotatable bonds is 5. The standard InChI is InChI=1S/C22H24N4/c1-2-25(17-18-9-4-3-5-10-18)21-14-15-23-22(24-21)26-16-8-12-19-11-6-7-13-20(19)26/h3-7,9-11,13-15H,2,8,12,16-17H2,1H3. The van der Waals surface area contributed by atoms with Crippen LogP contribution >= 0.6 is 0 Å². The van der Waals surface area contributed by atoms with Gasteiger partial charge in [0.1, 0.15) is 5.82 Å². The van der Waals surface area contributed by atoms with Crippen LogP contribution in [0.3, 0.4) is 0 Å². The fraction of sp³-hybridized carbons (Fsp3) is 0.273. The Kier molecular flexibility index (Phi) is 4.82. The number of benzene rings is 2. The molecule has 0 spiro atoms. The van der Waals surface area contributed by atoms with Gasteiger partial charge in [0, 0.05) is 31.5 Å². The van der Waals surface area contributed by atoms with Crippen molar-refractivity contribution in [1.82, 2.24) is 9.97 Å². The number of hydrogen-bond acceptors (Lipinski definition) is 4. The maximum absolute atomic E-state index is 4.90. The fourth-order valence-electron chi connectivity index (χ4n) is 3.55. The van der Waals surface area contributed by atoms with Gasteiger partial charge in [-0.3, -0.25) is 0 Å². The first kappa shape index (κ1) is 16.6. The van der Waals surface area contributed by atoms with Crippen LogP contribution in [0, 0.1) is 0 Å². The zero-order chi connectivity index (χ0) is 17.8. The molecule has 0 fully saturated rings. The monoisotopic (exact) mass is 344 g/mol. The summed E-state index contributed by atoms with van der Waals surface area (Å²) in [7, 11) is 0. The normalized spacial score (nSPS) is 13.3. The molecule has 26 heavy (non-hydrogen) atoms. The number of nitrogens with zero attached hydrogens (tertiary/aromatic N) is 4. The zero-order valence-electron chi connectivity index (χ0n) is 15.2. The molecule has 2 aromatic carbocycles. The quantitative estimate of drug-likeness (QED) is 0.678. The predicted octanol–water partition coefficient (Wildman–Crippen LogP) is 4.59. The Morgan fingerprint density at radius 2 is 1.81 bits per heavy atom. The number of fused-ring (bicyclic) bond motifs is 1. The summed E-state index contributed by atoms with van der Waals surface area (Å²) in [4.78, 5) is 14.0. The van der Waals surface area contributed by atoms with Crippen LogP contribution < -0.4 is 9.80 Å². The molecule has 1 aliphatic heterocycles. The van der Waals surface area contributed by atoms with E-state index in [4.69, 9.17) is 4.98 Å². The summed E-state index contributed by atoms with van der Waals surface area (Å²) in [5, 5.41) is 0. The van der Waals surface area contributed by atoms with E-state index >= 15 is 0 Å². The van der Waals surface area contributed by atoms with E-state index in [2.05, 4.69) is 76.3 Å². The van der Waals surface area contributed by atoms with E-state index in [-0.39, 0.29) is 0 Å². The first-order valence-electron chi connectivity index (χ1n) is 9.32. The van der Waals surface area contributed by atoms with Gasteiger partial charge in [-0.05, 0) is 43.0 Å². The topological polar surface area (TPSA) is 32.3 Å². The third-order valence-electron chi connectivity index (χ3n) is 4.90. The average molecular weight is 344 g/mol. The Morgan fingerprint density at radius 1 is 1.00 bits per heavy atom. The molecule has 132 valence electrons. The molecule has 4 nitrogen and oxygen atoms in total. The second-order valence-electron chi connectivity index (χ2n) is 6.60. The third-order valence-corrected chi connectivity index (χ3v) is 4.90. The fourth-order valence-corrected chi connectivity index (χ4v) is 3.55. The van der Waals surface area contributed by atoms with Crippen LogP contribution in [0.1, 0.15) is 24.5 Å². The Morgan fingerprint density at radius 3 is 2.65 bits per heavy atom. The first-order chi connectivity index (χ1) is 12.8. The van der Waals surface area contributed by atoms with Crippen molar-refractivity contribution in [2.45, 2.75) is 26.3 Å². The highest BCUT2D eigenvalue weighted by molar-refractivity contribution is 5.64. The van der Waals surface area contributed by atoms with E-state index < -0.39 is 0 Å². The van der Waals surface area contributed by atoms with Crippen LogP contribution in [0.5, 0.6) is 0 Å². The lowest BCUT2D eigenvalue weighted by Gasteiger charge is -2.30. The Labute approximate surface area is 155 Å². The van der Waals surface area contributed by atoms with E-state index in [0.29, 0.717) is 0 Å². The number of aromatic nitrogens is 2. The molecule has 0 radical (unpaired) electrons. The van der Waals surface area contributed by atoms with Gasteiger partial charge < -0.3 is 9.80 Å². The van der Waals surface area contributed by atoms with Crippen molar-refractivity contribution in [3.63, 3.8) is 0 Å². The minimum atomic E-state index is 0.793. The lowest BCUT2D eigenvalue weighted by Crippen LogP contribution is -2.28. The second-order valence-corrected chi connectivity index (χ2v) is 6.60. The van der Waals surface area contributed by atoms with Crippen LogP contribution in [0.25, 0.3) is 0 Å². The summed E-state index contributed by atoms with van der Waals surface area (Å²) in [5.74, 6) is 1.77. The molecule has 0 saturated heterocycles. The highest BCUT2D eigenvalue weighted by Crippen LogP contribution is 2.31. The van der Waals surface area contributed by atoms with E-state index in [0.717, 1.165) is 44.2 Å². The van der Waals surface area contributed by atoms with Crippen molar-refractivity contribution < 1.29 is 0 Å². The minimum absolute atomic E-state index is 0.793. The summed E-state index contributed by atoms with van der Waals surface area (Å²) in [6.45, 7) is 4.89. The molecule has 3 aromatic rings. The molecule has 1 aliphatic rings. The van der Waals surface area contributed by atoms with E-state index in [1.807, 2.05) is 12.3 Å². The van der Waals surface area contributed by atoms with Crippen molar-refractivity contribution in [2.24, 2.45) is 0 Å². The van der Waals surface area contributed by atoms with Crippen molar-refractivity contribution in [1.29, 1.82) is 0 Å². The summed E-state index contributed by atoms with van der Waals surface area (Å²) >= 11 is 0. The lowest BCUT2D eigenvalue weighted by atomic mass is 10.0. The molecule has 0 saturated carbocycles.